The van der Waals surface area contributed by atoms with Gasteiger partial charge in [-0.25, -0.2) is 0 Å². The van der Waals surface area contributed by atoms with Gasteiger partial charge in [0.15, 0.2) is 0 Å². The van der Waals surface area contributed by atoms with Gasteiger partial charge in [-0.3, -0.25) is 9.59 Å². The van der Waals surface area contributed by atoms with Gasteiger partial charge >= 0.3 is 0 Å². The number of carbonyl (C=O) groups is 2. The zero-order valence-corrected chi connectivity index (χ0v) is 15.4. The molecule has 2 fully saturated rings. The zero-order valence-electron chi connectivity index (χ0n) is 15.4. The number of nitrogens with zero attached hydrogens (tertiary/aromatic N) is 3. The van der Waals surface area contributed by atoms with Crippen LogP contribution in [0.4, 0.5) is 0 Å². The smallest absolute Gasteiger partial charge is 0.253 e. The van der Waals surface area contributed by atoms with Crippen LogP contribution < -0.4 is 0 Å². The normalized spacial score (nSPS) is 22.1. The first kappa shape index (κ1) is 17.9. The van der Waals surface area contributed by atoms with E-state index in [1.165, 1.54) is 6.42 Å². The van der Waals surface area contributed by atoms with Crippen LogP contribution in [0.5, 0.6) is 0 Å². The van der Waals surface area contributed by atoms with Crippen LogP contribution in [0.25, 0.3) is 0 Å². The van der Waals surface area contributed by atoms with Gasteiger partial charge in [0, 0.05) is 50.4 Å². The molecule has 5 heteroatoms. The molecule has 0 bridgehead atoms. The Morgan fingerprint density at radius 2 is 1.48 bits per heavy atom. The molecule has 0 radical (unpaired) electrons. The maximum Gasteiger partial charge on any atom is 0.253 e. The molecule has 1 aromatic carbocycles. The van der Waals surface area contributed by atoms with Gasteiger partial charge in [0.2, 0.25) is 0 Å². The van der Waals surface area contributed by atoms with Crippen molar-refractivity contribution in [1.29, 1.82) is 0 Å². The minimum atomic E-state index is 0.0707. The quantitative estimate of drug-likeness (QED) is 0.846. The molecule has 2 saturated heterocycles. The standard InChI is InChI=1S/C20H29N3O2/c1-3-21-11-13-22(14-12-21)19(24)17-6-8-18(9-7-17)20(25)23-10-4-5-16(2)15-23/h6-9,16H,3-5,10-15H2,1-2H3. The maximum absolute atomic E-state index is 12.6. The molecule has 0 aliphatic carbocycles. The van der Waals surface area contributed by atoms with Crippen LogP contribution >= 0.6 is 0 Å². The number of amides is 2. The highest BCUT2D eigenvalue weighted by Gasteiger charge is 2.24. The Kier molecular flexibility index (Phi) is 5.74. The topological polar surface area (TPSA) is 43.9 Å². The van der Waals surface area contributed by atoms with Crippen LogP contribution in [0.3, 0.4) is 0 Å². The molecule has 0 N–H and O–H groups in total. The molecule has 2 amide bonds. The van der Waals surface area contributed by atoms with Gasteiger partial charge in [0.25, 0.3) is 11.8 Å². The summed E-state index contributed by atoms with van der Waals surface area (Å²) in [6.07, 6.45) is 2.27. The van der Waals surface area contributed by atoms with Crippen molar-refractivity contribution in [3.8, 4) is 0 Å². The van der Waals surface area contributed by atoms with E-state index in [0.29, 0.717) is 17.0 Å². The summed E-state index contributed by atoms with van der Waals surface area (Å²) >= 11 is 0. The van der Waals surface area contributed by atoms with Gasteiger partial charge in [0.05, 0.1) is 0 Å². The molecule has 0 aromatic heterocycles. The third kappa shape index (κ3) is 4.21. The van der Waals surface area contributed by atoms with Crippen molar-refractivity contribution in [2.75, 3.05) is 45.8 Å². The second-order valence-corrected chi connectivity index (χ2v) is 7.30. The van der Waals surface area contributed by atoms with Gasteiger partial charge in [-0.1, -0.05) is 13.8 Å². The van der Waals surface area contributed by atoms with Crippen LogP contribution in [-0.2, 0) is 0 Å². The minimum Gasteiger partial charge on any atom is -0.338 e. The van der Waals surface area contributed by atoms with E-state index in [1.54, 1.807) is 24.3 Å². The summed E-state index contributed by atoms with van der Waals surface area (Å²) < 4.78 is 0. The molecule has 1 aromatic rings. The molecule has 2 aliphatic heterocycles. The van der Waals surface area contributed by atoms with E-state index in [-0.39, 0.29) is 11.8 Å². The van der Waals surface area contributed by atoms with Crippen molar-refractivity contribution in [2.24, 2.45) is 5.92 Å². The molecule has 2 heterocycles. The fourth-order valence-corrected chi connectivity index (χ4v) is 3.76. The zero-order chi connectivity index (χ0) is 17.8. The summed E-state index contributed by atoms with van der Waals surface area (Å²) in [5.74, 6) is 0.726. The van der Waals surface area contributed by atoms with Crippen LogP contribution in [0.1, 0.15) is 47.4 Å². The fourth-order valence-electron chi connectivity index (χ4n) is 3.76. The average Bonchev–Trinajstić information content (AvgIpc) is 2.67. The summed E-state index contributed by atoms with van der Waals surface area (Å²) in [4.78, 5) is 31.5. The number of carbonyl (C=O) groups excluding carboxylic acids is 2. The first-order valence-corrected chi connectivity index (χ1v) is 9.49. The molecule has 1 atom stereocenters. The highest BCUT2D eigenvalue weighted by molar-refractivity contribution is 5.98. The van der Waals surface area contributed by atoms with Crippen molar-refractivity contribution >= 4 is 11.8 Å². The number of piperazine rings is 1. The molecule has 0 spiro atoms. The monoisotopic (exact) mass is 343 g/mol. The van der Waals surface area contributed by atoms with E-state index >= 15 is 0 Å². The lowest BCUT2D eigenvalue weighted by Crippen LogP contribution is -2.48. The summed E-state index contributed by atoms with van der Waals surface area (Å²) in [5, 5.41) is 0. The summed E-state index contributed by atoms with van der Waals surface area (Å²) in [7, 11) is 0. The van der Waals surface area contributed by atoms with Crippen LogP contribution in [0, 0.1) is 5.92 Å². The van der Waals surface area contributed by atoms with E-state index in [2.05, 4.69) is 18.7 Å². The van der Waals surface area contributed by atoms with Gasteiger partial charge in [-0.05, 0) is 49.6 Å². The maximum atomic E-state index is 12.6. The van der Waals surface area contributed by atoms with Gasteiger partial charge in [0.1, 0.15) is 0 Å². The summed E-state index contributed by atoms with van der Waals surface area (Å²) in [6, 6.07) is 7.21. The third-order valence-electron chi connectivity index (χ3n) is 5.43. The van der Waals surface area contributed by atoms with Gasteiger partial charge in [-0.2, -0.15) is 0 Å². The molecule has 1 unspecified atom stereocenters. The minimum absolute atomic E-state index is 0.0707. The van der Waals surface area contributed by atoms with Crippen molar-refractivity contribution < 1.29 is 9.59 Å². The van der Waals surface area contributed by atoms with Gasteiger partial charge in [-0.15, -0.1) is 0 Å². The van der Waals surface area contributed by atoms with Crippen LogP contribution in [0.2, 0.25) is 0 Å². The lowest BCUT2D eigenvalue weighted by molar-refractivity contribution is 0.0640. The Hall–Kier alpha value is -1.88. The molecular weight excluding hydrogens is 314 g/mol. The number of benzene rings is 1. The largest absolute Gasteiger partial charge is 0.338 e. The predicted octanol–water partition coefficient (Wildman–Crippen LogP) is 2.34. The number of hydrogen-bond donors (Lipinski definition) is 0. The Bertz CT molecular complexity index is 606. The van der Waals surface area contributed by atoms with E-state index in [9.17, 15) is 9.59 Å². The summed E-state index contributed by atoms with van der Waals surface area (Å²) in [6.45, 7) is 10.5. The van der Waals surface area contributed by atoms with E-state index in [0.717, 1.165) is 52.2 Å². The molecule has 2 aliphatic rings. The lowest BCUT2D eigenvalue weighted by atomic mass is 9.99. The van der Waals surface area contributed by atoms with Crippen molar-refractivity contribution in [1.82, 2.24) is 14.7 Å². The fraction of sp³-hybridized carbons (Fsp3) is 0.600. The lowest BCUT2D eigenvalue weighted by Gasteiger charge is -2.34. The van der Waals surface area contributed by atoms with Crippen molar-refractivity contribution in [3.63, 3.8) is 0 Å². The van der Waals surface area contributed by atoms with Crippen molar-refractivity contribution in [2.45, 2.75) is 26.7 Å². The molecular formula is C20H29N3O2. The highest BCUT2D eigenvalue weighted by Crippen LogP contribution is 2.18. The van der Waals surface area contributed by atoms with Crippen LogP contribution in [0.15, 0.2) is 24.3 Å². The number of piperidine rings is 1. The van der Waals surface area contributed by atoms with Gasteiger partial charge < -0.3 is 14.7 Å². The average molecular weight is 343 g/mol. The predicted molar refractivity (Wildman–Crippen MR) is 98.8 cm³/mol. The Balaban J connectivity index is 1.62. The van der Waals surface area contributed by atoms with Crippen molar-refractivity contribution in [3.05, 3.63) is 35.4 Å². The Labute approximate surface area is 150 Å². The molecule has 0 saturated carbocycles. The number of likely N-dealkylation sites (tertiary alicyclic amines) is 1. The van der Waals surface area contributed by atoms with E-state index in [1.807, 2.05) is 9.80 Å². The highest BCUT2D eigenvalue weighted by atomic mass is 16.2. The second kappa shape index (κ2) is 8.00. The second-order valence-electron chi connectivity index (χ2n) is 7.30. The van der Waals surface area contributed by atoms with Crippen LogP contribution in [-0.4, -0.2) is 72.3 Å². The molecule has 3 rings (SSSR count). The number of hydrogen-bond acceptors (Lipinski definition) is 3. The molecule has 25 heavy (non-hydrogen) atoms. The summed E-state index contributed by atoms with van der Waals surface area (Å²) in [5.41, 5.74) is 1.36. The number of likely N-dealkylation sites (N-methyl/N-ethyl adjacent to an activating group) is 1. The first-order valence-electron chi connectivity index (χ1n) is 9.49. The molecule has 5 nitrogen and oxygen atoms in total. The van der Waals surface area contributed by atoms with E-state index in [4.69, 9.17) is 0 Å². The van der Waals surface area contributed by atoms with E-state index < -0.39 is 0 Å². The SMILES string of the molecule is CCN1CCN(C(=O)c2ccc(C(=O)N3CCCC(C)C3)cc2)CC1. The Morgan fingerprint density at radius 1 is 0.920 bits per heavy atom. The third-order valence-corrected chi connectivity index (χ3v) is 5.43. The Morgan fingerprint density at radius 3 is 2.00 bits per heavy atom. The first-order chi connectivity index (χ1) is 12.1. The number of rotatable bonds is 3. The molecule has 136 valence electrons.